The van der Waals surface area contributed by atoms with Crippen molar-refractivity contribution in [2.75, 3.05) is 11.4 Å². The molecule has 1 aliphatic rings. The van der Waals surface area contributed by atoms with Crippen molar-refractivity contribution in [3.8, 4) is 5.75 Å². The molecule has 21 heavy (non-hydrogen) atoms. The van der Waals surface area contributed by atoms with Gasteiger partial charge in [-0.15, -0.1) is 0 Å². The molecule has 0 spiro atoms. The Labute approximate surface area is 129 Å². The van der Waals surface area contributed by atoms with E-state index in [2.05, 4.69) is 6.07 Å². The van der Waals surface area contributed by atoms with Gasteiger partial charge in [-0.2, -0.15) is 0 Å². The van der Waals surface area contributed by atoms with E-state index in [1.165, 1.54) is 5.56 Å². The number of fused-ring (bicyclic) bond motifs is 1. The zero-order valence-electron chi connectivity index (χ0n) is 11.8. The molecule has 0 saturated heterocycles. The minimum atomic E-state index is -0.530. The molecule has 0 saturated carbocycles. The topological polar surface area (TPSA) is 29.5 Å². The van der Waals surface area contributed by atoms with Crippen LogP contribution < -0.4 is 9.64 Å². The number of carbonyl (C=O) groups is 1. The molecule has 3 rings (SSSR count). The quantitative estimate of drug-likeness (QED) is 0.865. The predicted molar refractivity (Wildman–Crippen MR) is 84.0 cm³/mol. The fraction of sp³-hybridized carbons (Fsp3) is 0.235. The van der Waals surface area contributed by atoms with Gasteiger partial charge in [0.1, 0.15) is 5.75 Å². The minimum Gasteiger partial charge on any atom is -0.481 e. The first kappa shape index (κ1) is 14.0. The molecule has 0 aromatic heterocycles. The van der Waals surface area contributed by atoms with Crippen LogP contribution in [0.25, 0.3) is 0 Å². The van der Waals surface area contributed by atoms with Crippen molar-refractivity contribution in [2.45, 2.75) is 19.4 Å². The van der Waals surface area contributed by atoms with Crippen LogP contribution in [0.2, 0.25) is 5.02 Å². The van der Waals surface area contributed by atoms with E-state index >= 15 is 0 Å². The summed E-state index contributed by atoms with van der Waals surface area (Å²) in [7, 11) is 0. The molecule has 108 valence electrons. The fourth-order valence-electron chi connectivity index (χ4n) is 2.55. The molecule has 2 aromatic rings. The van der Waals surface area contributed by atoms with Gasteiger partial charge in [-0.05, 0) is 49.2 Å². The molecule has 0 radical (unpaired) electrons. The van der Waals surface area contributed by atoms with Gasteiger partial charge in [0.05, 0.1) is 0 Å². The van der Waals surface area contributed by atoms with E-state index in [9.17, 15) is 4.79 Å². The Morgan fingerprint density at radius 3 is 2.67 bits per heavy atom. The van der Waals surface area contributed by atoms with Crippen molar-refractivity contribution >= 4 is 23.2 Å². The van der Waals surface area contributed by atoms with Gasteiger partial charge in [0.15, 0.2) is 6.10 Å². The molecule has 0 aliphatic carbocycles. The normalized spacial score (nSPS) is 14.7. The lowest BCUT2D eigenvalue weighted by molar-refractivity contribution is -0.124. The Morgan fingerprint density at radius 1 is 1.19 bits per heavy atom. The molecule has 3 nitrogen and oxygen atoms in total. The third kappa shape index (κ3) is 2.88. The lowest BCUT2D eigenvalue weighted by Gasteiger charge is -2.22. The second-order valence-corrected chi connectivity index (χ2v) is 5.52. The van der Waals surface area contributed by atoms with Crippen LogP contribution in [0, 0.1) is 0 Å². The average molecular weight is 302 g/mol. The summed E-state index contributed by atoms with van der Waals surface area (Å²) >= 11 is 5.84. The van der Waals surface area contributed by atoms with Crippen LogP contribution in [-0.4, -0.2) is 18.6 Å². The number of hydrogen-bond acceptors (Lipinski definition) is 2. The lowest BCUT2D eigenvalue weighted by Crippen LogP contribution is -2.39. The zero-order valence-corrected chi connectivity index (χ0v) is 12.5. The SMILES string of the molecule is C[C@@H](Oc1ccc(Cl)cc1)C(=O)N1CCc2ccccc21. The molecule has 1 amide bonds. The number of ether oxygens (including phenoxy) is 1. The number of rotatable bonds is 3. The minimum absolute atomic E-state index is 0.0186. The van der Waals surface area contributed by atoms with E-state index in [1.807, 2.05) is 18.2 Å². The monoisotopic (exact) mass is 301 g/mol. The van der Waals surface area contributed by atoms with Crippen molar-refractivity contribution in [1.29, 1.82) is 0 Å². The molecular weight excluding hydrogens is 286 g/mol. The molecule has 1 aliphatic heterocycles. The summed E-state index contributed by atoms with van der Waals surface area (Å²) in [6, 6.07) is 15.0. The van der Waals surface area contributed by atoms with E-state index in [0.29, 0.717) is 17.3 Å². The van der Waals surface area contributed by atoms with Gasteiger partial charge in [0.2, 0.25) is 0 Å². The summed E-state index contributed by atoms with van der Waals surface area (Å²) in [5, 5.41) is 0.648. The number of amides is 1. The van der Waals surface area contributed by atoms with E-state index < -0.39 is 6.10 Å². The zero-order chi connectivity index (χ0) is 14.8. The molecule has 0 unspecified atom stereocenters. The molecule has 0 bridgehead atoms. The molecular formula is C17H16ClNO2. The van der Waals surface area contributed by atoms with Gasteiger partial charge in [0.25, 0.3) is 5.91 Å². The second kappa shape index (κ2) is 5.78. The first-order chi connectivity index (χ1) is 10.1. The molecule has 1 atom stereocenters. The standard InChI is InChI=1S/C17H16ClNO2/c1-12(21-15-8-6-14(18)7-9-15)17(20)19-11-10-13-4-2-3-5-16(13)19/h2-9,12H,10-11H2,1H3/t12-/m1/s1. The van der Waals surface area contributed by atoms with Crippen LogP contribution in [-0.2, 0) is 11.2 Å². The fourth-order valence-corrected chi connectivity index (χ4v) is 2.68. The molecule has 1 heterocycles. The third-order valence-corrected chi connectivity index (χ3v) is 3.88. The summed E-state index contributed by atoms with van der Waals surface area (Å²) < 4.78 is 5.71. The summed E-state index contributed by atoms with van der Waals surface area (Å²) in [5.74, 6) is 0.627. The number of halogens is 1. The van der Waals surface area contributed by atoms with Crippen molar-refractivity contribution in [3.63, 3.8) is 0 Å². The maximum atomic E-state index is 12.6. The Kier molecular flexibility index (Phi) is 3.84. The van der Waals surface area contributed by atoms with Gasteiger partial charge in [-0.3, -0.25) is 4.79 Å². The van der Waals surface area contributed by atoms with Gasteiger partial charge in [-0.1, -0.05) is 29.8 Å². The number of nitrogens with zero attached hydrogens (tertiary/aromatic N) is 1. The summed E-state index contributed by atoms with van der Waals surface area (Å²) in [6.45, 7) is 2.49. The Balaban J connectivity index is 1.72. The first-order valence-corrected chi connectivity index (χ1v) is 7.34. The maximum Gasteiger partial charge on any atom is 0.267 e. The number of benzene rings is 2. The summed E-state index contributed by atoms with van der Waals surface area (Å²) in [5.41, 5.74) is 2.21. The smallest absolute Gasteiger partial charge is 0.267 e. The van der Waals surface area contributed by atoms with Crippen molar-refractivity contribution in [1.82, 2.24) is 0 Å². The maximum absolute atomic E-state index is 12.6. The summed E-state index contributed by atoms with van der Waals surface area (Å²) in [4.78, 5) is 14.4. The first-order valence-electron chi connectivity index (χ1n) is 6.96. The van der Waals surface area contributed by atoms with E-state index in [4.69, 9.17) is 16.3 Å². The van der Waals surface area contributed by atoms with E-state index in [-0.39, 0.29) is 5.91 Å². The van der Waals surface area contributed by atoms with Gasteiger partial charge >= 0.3 is 0 Å². The summed E-state index contributed by atoms with van der Waals surface area (Å²) in [6.07, 6.45) is 0.368. The average Bonchev–Trinajstić information content (AvgIpc) is 2.92. The lowest BCUT2D eigenvalue weighted by atomic mass is 10.2. The predicted octanol–water partition coefficient (Wildman–Crippen LogP) is 3.70. The Hall–Kier alpha value is -2.00. The van der Waals surface area contributed by atoms with Crippen LogP contribution in [0.1, 0.15) is 12.5 Å². The van der Waals surface area contributed by atoms with E-state index in [1.54, 1.807) is 36.1 Å². The van der Waals surface area contributed by atoms with Gasteiger partial charge < -0.3 is 9.64 Å². The van der Waals surface area contributed by atoms with Crippen LogP contribution in [0.5, 0.6) is 5.75 Å². The van der Waals surface area contributed by atoms with Crippen LogP contribution in [0.3, 0.4) is 0 Å². The number of carbonyl (C=O) groups excluding carboxylic acids is 1. The Morgan fingerprint density at radius 2 is 1.90 bits per heavy atom. The van der Waals surface area contributed by atoms with Crippen LogP contribution >= 0.6 is 11.6 Å². The third-order valence-electron chi connectivity index (χ3n) is 3.63. The van der Waals surface area contributed by atoms with Crippen LogP contribution in [0.4, 0.5) is 5.69 Å². The Bertz CT molecular complexity index is 654. The van der Waals surface area contributed by atoms with Crippen molar-refractivity contribution in [2.24, 2.45) is 0 Å². The van der Waals surface area contributed by atoms with Crippen molar-refractivity contribution < 1.29 is 9.53 Å². The van der Waals surface area contributed by atoms with Gasteiger partial charge in [-0.25, -0.2) is 0 Å². The highest BCUT2D eigenvalue weighted by Crippen LogP contribution is 2.28. The number of hydrogen-bond donors (Lipinski definition) is 0. The van der Waals surface area contributed by atoms with Crippen molar-refractivity contribution in [3.05, 3.63) is 59.1 Å². The molecule has 0 fully saturated rings. The highest BCUT2D eigenvalue weighted by molar-refractivity contribution is 6.30. The molecule has 0 N–H and O–H groups in total. The van der Waals surface area contributed by atoms with Crippen LogP contribution in [0.15, 0.2) is 48.5 Å². The largest absolute Gasteiger partial charge is 0.481 e. The molecule has 2 aromatic carbocycles. The highest BCUT2D eigenvalue weighted by Gasteiger charge is 2.28. The number of anilines is 1. The molecule has 4 heteroatoms. The number of para-hydroxylation sites is 1. The second-order valence-electron chi connectivity index (χ2n) is 5.08. The van der Waals surface area contributed by atoms with E-state index in [0.717, 1.165) is 12.1 Å². The van der Waals surface area contributed by atoms with Gasteiger partial charge in [0, 0.05) is 17.3 Å². The highest BCUT2D eigenvalue weighted by atomic mass is 35.5.